The lowest BCUT2D eigenvalue weighted by Gasteiger charge is -2.08. The first-order chi connectivity index (χ1) is 8.94. The third-order valence-electron chi connectivity index (χ3n) is 2.54. The van der Waals surface area contributed by atoms with E-state index in [2.05, 4.69) is 23.8 Å². The van der Waals surface area contributed by atoms with Crippen molar-refractivity contribution >= 4 is 17.4 Å². The second kappa shape index (κ2) is 5.53. The molecule has 1 heterocycles. The molecule has 1 aromatic carbocycles. The van der Waals surface area contributed by atoms with Crippen molar-refractivity contribution in [2.24, 2.45) is 5.92 Å². The number of hydrogen-bond donors (Lipinski definition) is 1. The summed E-state index contributed by atoms with van der Waals surface area (Å²) in [5.74, 6) is 0.815. The number of rotatable bonds is 3. The summed E-state index contributed by atoms with van der Waals surface area (Å²) >= 11 is 5.84. The lowest BCUT2D eigenvalue weighted by Crippen LogP contribution is -2.03. The largest absolute Gasteiger partial charge is 0.384 e. The summed E-state index contributed by atoms with van der Waals surface area (Å²) in [6, 6.07) is 5.95. The van der Waals surface area contributed by atoms with Crippen LogP contribution in [0.5, 0.6) is 0 Å². The lowest BCUT2D eigenvalue weighted by atomic mass is 10.1. The maximum Gasteiger partial charge on any atom is 0.161 e. The van der Waals surface area contributed by atoms with Crippen LogP contribution in [0.3, 0.4) is 0 Å². The van der Waals surface area contributed by atoms with Crippen LogP contribution in [0.15, 0.2) is 24.3 Å². The van der Waals surface area contributed by atoms with Gasteiger partial charge in [-0.3, -0.25) is 0 Å². The van der Waals surface area contributed by atoms with Crippen LogP contribution in [-0.4, -0.2) is 9.97 Å². The Morgan fingerprint density at radius 1 is 1.21 bits per heavy atom. The molecule has 1 aromatic heterocycles. The summed E-state index contributed by atoms with van der Waals surface area (Å²) < 4.78 is 13.4. The van der Waals surface area contributed by atoms with Crippen LogP contribution in [0.1, 0.15) is 19.5 Å². The summed E-state index contributed by atoms with van der Waals surface area (Å²) in [5.41, 5.74) is 7.15. The Kier molecular flexibility index (Phi) is 4.00. The molecule has 5 heteroatoms. The fraction of sp³-hybridized carbons (Fsp3) is 0.286. The number of halogens is 2. The zero-order valence-electron chi connectivity index (χ0n) is 10.8. The molecule has 0 spiro atoms. The highest BCUT2D eigenvalue weighted by Gasteiger charge is 2.09. The zero-order chi connectivity index (χ0) is 14.0. The predicted molar refractivity (Wildman–Crippen MR) is 75.4 cm³/mol. The Morgan fingerprint density at radius 2 is 1.95 bits per heavy atom. The Balaban J connectivity index is 2.46. The van der Waals surface area contributed by atoms with Gasteiger partial charge in [-0.25, -0.2) is 14.4 Å². The van der Waals surface area contributed by atoms with Crippen LogP contribution in [-0.2, 0) is 6.42 Å². The van der Waals surface area contributed by atoms with Gasteiger partial charge in [-0.15, -0.1) is 0 Å². The van der Waals surface area contributed by atoms with Crippen LogP contribution in [0.4, 0.5) is 10.2 Å². The van der Waals surface area contributed by atoms with Crippen LogP contribution < -0.4 is 5.73 Å². The molecule has 19 heavy (non-hydrogen) atoms. The number of nitrogens with two attached hydrogens (primary N) is 1. The maximum absolute atomic E-state index is 13.4. The van der Waals surface area contributed by atoms with E-state index in [0.29, 0.717) is 28.1 Å². The average Bonchev–Trinajstić information content (AvgIpc) is 2.25. The molecule has 0 bridgehead atoms. The monoisotopic (exact) mass is 279 g/mol. The van der Waals surface area contributed by atoms with Gasteiger partial charge in [0.05, 0.1) is 0 Å². The molecule has 100 valence electrons. The molecule has 0 fully saturated rings. The van der Waals surface area contributed by atoms with Gasteiger partial charge in [-0.1, -0.05) is 25.4 Å². The molecular formula is C14H15ClFN3. The SMILES string of the molecule is CC(C)Cc1cc(N)nc(-c2cc(F)cc(Cl)c2)n1. The van der Waals surface area contributed by atoms with E-state index in [1.807, 2.05) is 0 Å². The minimum atomic E-state index is -0.418. The number of anilines is 1. The number of aromatic nitrogens is 2. The Labute approximate surface area is 116 Å². The van der Waals surface area contributed by atoms with Crippen molar-refractivity contribution in [1.82, 2.24) is 9.97 Å². The first kappa shape index (κ1) is 13.7. The van der Waals surface area contributed by atoms with Crippen LogP contribution in [0.2, 0.25) is 5.02 Å². The van der Waals surface area contributed by atoms with E-state index in [1.165, 1.54) is 12.1 Å². The zero-order valence-corrected chi connectivity index (χ0v) is 11.6. The van der Waals surface area contributed by atoms with Crippen LogP contribution >= 0.6 is 11.6 Å². The maximum atomic E-state index is 13.4. The molecule has 0 radical (unpaired) electrons. The van der Waals surface area contributed by atoms with Gasteiger partial charge in [-0.05, 0) is 30.5 Å². The van der Waals surface area contributed by atoms with Gasteiger partial charge in [0, 0.05) is 22.3 Å². The number of nitrogen functional groups attached to an aromatic ring is 1. The highest BCUT2D eigenvalue weighted by Crippen LogP contribution is 2.23. The smallest absolute Gasteiger partial charge is 0.161 e. The Morgan fingerprint density at radius 3 is 2.58 bits per heavy atom. The Bertz CT molecular complexity index is 579. The average molecular weight is 280 g/mol. The first-order valence-corrected chi connectivity index (χ1v) is 6.41. The Hall–Kier alpha value is -1.68. The van der Waals surface area contributed by atoms with E-state index in [-0.39, 0.29) is 0 Å². The highest BCUT2D eigenvalue weighted by molar-refractivity contribution is 6.30. The van der Waals surface area contributed by atoms with E-state index < -0.39 is 5.82 Å². The molecule has 0 aliphatic heterocycles. The van der Waals surface area contributed by atoms with Gasteiger partial charge in [0.2, 0.25) is 0 Å². The first-order valence-electron chi connectivity index (χ1n) is 6.04. The molecule has 0 unspecified atom stereocenters. The molecule has 0 saturated carbocycles. The molecule has 0 atom stereocenters. The number of nitrogens with zero attached hydrogens (tertiary/aromatic N) is 2. The van der Waals surface area contributed by atoms with Crippen molar-refractivity contribution in [3.63, 3.8) is 0 Å². The molecule has 0 aliphatic rings. The second-order valence-corrected chi connectivity index (χ2v) is 5.30. The lowest BCUT2D eigenvalue weighted by molar-refractivity contribution is 0.627. The second-order valence-electron chi connectivity index (χ2n) is 4.86. The summed E-state index contributed by atoms with van der Waals surface area (Å²) in [5, 5.41) is 0.312. The van der Waals surface area contributed by atoms with E-state index in [1.54, 1.807) is 12.1 Å². The van der Waals surface area contributed by atoms with Crippen molar-refractivity contribution < 1.29 is 4.39 Å². The van der Waals surface area contributed by atoms with E-state index in [4.69, 9.17) is 17.3 Å². The summed E-state index contributed by atoms with van der Waals surface area (Å²) in [6.07, 6.45) is 0.794. The van der Waals surface area contributed by atoms with Gasteiger partial charge >= 0.3 is 0 Å². The van der Waals surface area contributed by atoms with Crippen LogP contribution in [0.25, 0.3) is 11.4 Å². The third kappa shape index (κ3) is 3.64. The summed E-state index contributed by atoms with van der Waals surface area (Å²) in [4.78, 5) is 8.54. The molecule has 3 nitrogen and oxygen atoms in total. The highest BCUT2D eigenvalue weighted by atomic mass is 35.5. The van der Waals surface area contributed by atoms with Crippen molar-refractivity contribution in [1.29, 1.82) is 0 Å². The number of hydrogen-bond acceptors (Lipinski definition) is 3. The van der Waals surface area contributed by atoms with Gasteiger partial charge in [0.15, 0.2) is 5.82 Å². The molecule has 0 amide bonds. The summed E-state index contributed by atoms with van der Waals surface area (Å²) in [6.45, 7) is 4.19. The van der Waals surface area contributed by atoms with Gasteiger partial charge in [-0.2, -0.15) is 0 Å². The standard InChI is InChI=1S/C14H15ClFN3/c1-8(2)3-12-7-13(17)19-14(18-12)9-4-10(15)6-11(16)5-9/h4-8H,3H2,1-2H3,(H2,17,18,19). The molecule has 2 N–H and O–H groups in total. The van der Waals surface area contributed by atoms with Crippen LogP contribution in [0, 0.1) is 11.7 Å². The third-order valence-corrected chi connectivity index (χ3v) is 2.76. The van der Waals surface area contributed by atoms with E-state index in [9.17, 15) is 4.39 Å². The van der Waals surface area contributed by atoms with Crippen molar-refractivity contribution in [2.45, 2.75) is 20.3 Å². The van der Waals surface area contributed by atoms with Gasteiger partial charge in [0.1, 0.15) is 11.6 Å². The summed E-state index contributed by atoms with van der Waals surface area (Å²) in [7, 11) is 0. The minimum Gasteiger partial charge on any atom is -0.384 e. The molecule has 2 rings (SSSR count). The number of benzene rings is 1. The van der Waals surface area contributed by atoms with Gasteiger partial charge in [0.25, 0.3) is 0 Å². The van der Waals surface area contributed by atoms with Crippen molar-refractivity contribution in [3.05, 3.63) is 40.8 Å². The predicted octanol–water partition coefficient (Wildman–Crippen LogP) is 3.72. The quantitative estimate of drug-likeness (QED) is 0.932. The molecule has 0 saturated heterocycles. The topological polar surface area (TPSA) is 51.8 Å². The molecule has 2 aromatic rings. The van der Waals surface area contributed by atoms with Crippen molar-refractivity contribution in [3.8, 4) is 11.4 Å². The fourth-order valence-electron chi connectivity index (χ4n) is 1.85. The fourth-order valence-corrected chi connectivity index (χ4v) is 2.08. The van der Waals surface area contributed by atoms with E-state index >= 15 is 0 Å². The minimum absolute atomic E-state index is 0.312. The molecular weight excluding hydrogens is 265 g/mol. The normalized spacial score (nSPS) is 11.0. The van der Waals surface area contributed by atoms with E-state index in [0.717, 1.165) is 12.1 Å². The van der Waals surface area contributed by atoms with Crippen molar-refractivity contribution in [2.75, 3.05) is 5.73 Å². The molecule has 0 aliphatic carbocycles. The van der Waals surface area contributed by atoms with Gasteiger partial charge < -0.3 is 5.73 Å².